The lowest BCUT2D eigenvalue weighted by molar-refractivity contribution is 1.06. The minimum atomic E-state index is 0.877. The van der Waals surface area contributed by atoms with E-state index < -0.39 is 0 Å². The number of para-hydroxylation sites is 2. The number of rotatable bonds is 4. The Bertz CT molecular complexity index is 2420. The lowest BCUT2D eigenvalue weighted by Gasteiger charge is -2.14. The van der Waals surface area contributed by atoms with Crippen LogP contribution in [0.2, 0.25) is 0 Å². The van der Waals surface area contributed by atoms with Gasteiger partial charge in [0.15, 0.2) is 0 Å². The van der Waals surface area contributed by atoms with E-state index in [1.165, 1.54) is 21.5 Å². The SMILES string of the molecule is c1ccc(-c2cc(-c3ccccc3)nc(-n3c4ccccc4c4ccc5c6ccccc6n(-c6ccccn6)c5c43)c2)cc1. The smallest absolute Gasteiger partial charge is 0.138 e. The van der Waals surface area contributed by atoms with E-state index in [4.69, 9.17) is 9.97 Å². The molecule has 4 heterocycles. The molecule has 5 aromatic carbocycles. The first kappa shape index (κ1) is 24.6. The van der Waals surface area contributed by atoms with Gasteiger partial charge in [0.2, 0.25) is 0 Å². The average Bonchev–Trinajstić information content (AvgIpc) is 3.62. The van der Waals surface area contributed by atoms with Crippen LogP contribution in [-0.4, -0.2) is 19.1 Å². The molecule has 0 aliphatic heterocycles. The van der Waals surface area contributed by atoms with E-state index >= 15 is 0 Å². The Labute approximate surface area is 254 Å². The van der Waals surface area contributed by atoms with Crippen LogP contribution in [0.15, 0.2) is 158 Å². The number of nitrogens with zero attached hydrogens (tertiary/aromatic N) is 4. The van der Waals surface area contributed by atoms with Gasteiger partial charge in [0.05, 0.1) is 27.8 Å². The van der Waals surface area contributed by atoms with Crippen LogP contribution < -0.4 is 0 Å². The summed E-state index contributed by atoms with van der Waals surface area (Å²) in [6.45, 7) is 0. The molecule has 0 unspecified atom stereocenters. The van der Waals surface area contributed by atoms with Gasteiger partial charge in [0, 0.05) is 33.3 Å². The maximum Gasteiger partial charge on any atom is 0.138 e. The molecule has 0 saturated heterocycles. The molecule has 206 valence electrons. The highest BCUT2D eigenvalue weighted by Gasteiger charge is 2.22. The fourth-order valence-electron chi connectivity index (χ4n) is 6.65. The first-order chi connectivity index (χ1) is 21.8. The Morgan fingerprint density at radius 2 is 0.932 bits per heavy atom. The lowest BCUT2D eigenvalue weighted by Crippen LogP contribution is -2.02. The zero-order chi connectivity index (χ0) is 29.0. The van der Waals surface area contributed by atoms with Crippen LogP contribution in [0.3, 0.4) is 0 Å². The van der Waals surface area contributed by atoms with Crippen molar-refractivity contribution in [2.75, 3.05) is 0 Å². The molecular weight excluding hydrogens is 536 g/mol. The van der Waals surface area contributed by atoms with Gasteiger partial charge < -0.3 is 0 Å². The summed E-state index contributed by atoms with van der Waals surface area (Å²) in [4.78, 5) is 10.2. The molecule has 4 nitrogen and oxygen atoms in total. The fraction of sp³-hybridized carbons (Fsp3) is 0. The van der Waals surface area contributed by atoms with E-state index in [0.29, 0.717) is 0 Å². The Morgan fingerprint density at radius 3 is 1.55 bits per heavy atom. The van der Waals surface area contributed by atoms with Crippen molar-refractivity contribution >= 4 is 43.6 Å². The van der Waals surface area contributed by atoms with Gasteiger partial charge in [-0.25, -0.2) is 9.97 Å². The average molecular weight is 563 g/mol. The van der Waals surface area contributed by atoms with E-state index in [2.05, 4.69) is 149 Å². The van der Waals surface area contributed by atoms with Crippen LogP contribution in [0, 0.1) is 0 Å². The zero-order valence-electron chi connectivity index (χ0n) is 23.8. The Kier molecular flexibility index (Phi) is 5.47. The van der Waals surface area contributed by atoms with Crippen LogP contribution in [-0.2, 0) is 0 Å². The molecule has 9 rings (SSSR count). The van der Waals surface area contributed by atoms with Gasteiger partial charge in [-0.05, 0) is 47.5 Å². The molecule has 4 aromatic heterocycles. The van der Waals surface area contributed by atoms with Crippen LogP contribution >= 0.6 is 0 Å². The molecule has 0 bridgehead atoms. The normalized spacial score (nSPS) is 11.6. The third kappa shape index (κ3) is 3.71. The van der Waals surface area contributed by atoms with Crippen LogP contribution in [0.4, 0.5) is 0 Å². The summed E-state index contributed by atoms with van der Waals surface area (Å²) in [5.41, 5.74) is 8.77. The summed E-state index contributed by atoms with van der Waals surface area (Å²) in [7, 11) is 0. The second-order valence-electron chi connectivity index (χ2n) is 11.1. The highest BCUT2D eigenvalue weighted by Crippen LogP contribution is 2.41. The van der Waals surface area contributed by atoms with E-state index in [1.807, 2.05) is 18.3 Å². The van der Waals surface area contributed by atoms with Gasteiger partial charge >= 0.3 is 0 Å². The molecule has 4 heteroatoms. The van der Waals surface area contributed by atoms with Crippen molar-refractivity contribution in [2.24, 2.45) is 0 Å². The van der Waals surface area contributed by atoms with Crippen LogP contribution in [0.25, 0.3) is 77.6 Å². The number of hydrogen-bond donors (Lipinski definition) is 0. The summed E-state index contributed by atoms with van der Waals surface area (Å²) in [5.74, 6) is 1.76. The van der Waals surface area contributed by atoms with E-state index in [0.717, 1.165) is 56.1 Å². The molecule has 0 fully saturated rings. The minimum absolute atomic E-state index is 0.877. The topological polar surface area (TPSA) is 35.6 Å². The van der Waals surface area contributed by atoms with Gasteiger partial charge in [0.1, 0.15) is 11.6 Å². The fourth-order valence-corrected chi connectivity index (χ4v) is 6.65. The molecule has 0 spiro atoms. The highest BCUT2D eigenvalue weighted by molar-refractivity contribution is 6.23. The zero-order valence-corrected chi connectivity index (χ0v) is 23.8. The van der Waals surface area contributed by atoms with Crippen molar-refractivity contribution in [2.45, 2.75) is 0 Å². The molecule has 0 atom stereocenters. The summed E-state index contributed by atoms with van der Waals surface area (Å²) in [6.07, 6.45) is 1.86. The Balaban J connectivity index is 1.48. The quantitative estimate of drug-likeness (QED) is 0.214. The first-order valence-corrected chi connectivity index (χ1v) is 14.9. The monoisotopic (exact) mass is 562 g/mol. The number of fused-ring (bicyclic) bond motifs is 7. The van der Waals surface area contributed by atoms with Crippen molar-refractivity contribution in [3.8, 4) is 34.0 Å². The van der Waals surface area contributed by atoms with Gasteiger partial charge in [0.25, 0.3) is 0 Å². The van der Waals surface area contributed by atoms with Crippen LogP contribution in [0.5, 0.6) is 0 Å². The molecule has 44 heavy (non-hydrogen) atoms. The molecule has 0 aliphatic rings. The summed E-state index contributed by atoms with van der Waals surface area (Å²) < 4.78 is 4.66. The standard InChI is InChI=1S/C40H26N4/c1-3-13-27(14-4-1)29-25-34(28-15-5-2-6-16-28)42-38(26-29)44-36-20-10-8-18-31(36)33-23-22-32-30-17-7-9-19-35(30)43(39(32)40(33)44)37-21-11-12-24-41-37/h1-26H. The molecule has 0 radical (unpaired) electrons. The molecule has 0 aliphatic carbocycles. The molecule has 9 aromatic rings. The van der Waals surface area contributed by atoms with Crippen molar-refractivity contribution in [1.29, 1.82) is 0 Å². The predicted molar refractivity (Wildman–Crippen MR) is 182 cm³/mol. The van der Waals surface area contributed by atoms with Gasteiger partial charge in [-0.15, -0.1) is 0 Å². The molecule has 0 amide bonds. The molecule has 0 N–H and O–H groups in total. The summed E-state index contributed by atoms with van der Waals surface area (Å²) in [6, 6.07) is 53.3. The van der Waals surface area contributed by atoms with Crippen molar-refractivity contribution in [3.05, 3.63) is 158 Å². The largest absolute Gasteiger partial charge is 0.292 e. The number of benzene rings is 5. The highest BCUT2D eigenvalue weighted by atomic mass is 15.1. The Hall–Kier alpha value is -6.00. The summed E-state index contributed by atoms with van der Waals surface area (Å²) >= 11 is 0. The number of hydrogen-bond acceptors (Lipinski definition) is 2. The van der Waals surface area contributed by atoms with Gasteiger partial charge in [-0.2, -0.15) is 0 Å². The first-order valence-electron chi connectivity index (χ1n) is 14.9. The second-order valence-corrected chi connectivity index (χ2v) is 11.1. The second kappa shape index (κ2) is 9.79. The molecular formula is C40H26N4. The predicted octanol–water partition coefficient (Wildman–Crippen LogP) is 10.0. The van der Waals surface area contributed by atoms with E-state index in [1.54, 1.807) is 0 Å². The van der Waals surface area contributed by atoms with E-state index in [-0.39, 0.29) is 0 Å². The minimum Gasteiger partial charge on any atom is -0.292 e. The summed E-state index contributed by atoms with van der Waals surface area (Å²) in [5, 5.41) is 4.75. The van der Waals surface area contributed by atoms with Crippen molar-refractivity contribution in [1.82, 2.24) is 19.1 Å². The Morgan fingerprint density at radius 1 is 0.386 bits per heavy atom. The van der Waals surface area contributed by atoms with Gasteiger partial charge in [-0.3, -0.25) is 9.13 Å². The molecule has 0 saturated carbocycles. The van der Waals surface area contributed by atoms with E-state index in [9.17, 15) is 0 Å². The third-order valence-electron chi connectivity index (χ3n) is 8.56. The van der Waals surface area contributed by atoms with Crippen molar-refractivity contribution < 1.29 is 0 Å². The van der Waals surface area contributed by atoms with Gasteiger partial charge in [-0.1, -0.05) is 115 Å². The van der Waals surface area contributed by atoms with Crippen LogP contribution in [0.1, 0.15) is 0 Å². The maximum absolute atomic E-state index is 5.37. The number of aromatic nitrogens is 4. The number of pyridine rings is 2. The maximum atomic E-state index is 5.37. The van der Waals surface area contributed by atoms with Crippen molar-refractivity contribution in [3.63, 3.8) is 0 Å². The lowest BCUT2D eigenvalue weighted by atomic mass is 10.0. The third-order valence-corrected chi connectivity index (χ3v) is 8.56.